The number of rotatable bonds is 4. The summed E-state index contributed by atoms with van der Waals surface area (Å²) in [6.07, 6.45) is 1.91. The average Bonchev–Trinajstić information content (AvgIpc) is 2.70. The second-order valence-electron chi connectivity index (χ2n) is 3.55. The fourth-order valence-corrected chi connectivity index (χ4v) is 1.38. The molecule has 0 aliphatic heterocycles. The van der Waals surface area contributed by atoms with Gasteiger partial charge in [-0.3, -0.25) is 0 Å². The van der Waals surface area contributed by atoms with Crippen LogP contribution in [0.2, 0.25) is 0 Å². The molecule has 1 aromatic rings. The zero-order valence-electron chi connectivity index (χ0n) is 10.0. The average molecular weight is 247 g/mol. The van der Waals surface area contributed by atoms with Crippen molar-refractivity contribution in [3.05, 3.63) is 11.4 Å². The number of nitriles is 2. The summed E-state index contributed by atoms with van der Waals surface area (Å²) < 4.78 is 5.76. The van der Waals surface area contributed by atoms with Crippen LogP contribution in [-0.4, -0.2) is 22.3 Å². The lowest BCUT2D eigenvalue weighted by molar-refractivity contribution is 0.146. The molecule has 1 aromatic heterocycles. The van der Waals surface area contributed by atoms with Crippen LogP contribution in [0.3, 0.4) is 0 Å². The number of imidazole rings is 1. The highest BCUT2D eigenvalue weighted by Gasteiger charge is 2.21. The third-order valence-corrected chi connectivity index (χ3v) is 2.27. The smallest absolute Gasteiger partial charge is 0.422 e. The summed E-state index contributed by atoms with van der Waals surface area (Å²) >= 11 is 0. The van der Waals surface area contributed by atoms with E-state index >= 15 is 0 Å². The number of hydrogen-bond acceptors (Lipinski definition) is 6. The molecular weight excluding hydrogens is 234 g/mol. The zero-order chi connectivity index (χ0) is 13.5. The molecule has 18 heavy (non-hydrogen) atoms. The lowest BCUT2D eigenvalue weighted by Crippen LogP contribution is -2.18. The Kier molecular flexibility index (Phi) is 4.70. The number of nitrogens with zero attached hydrogens (tertiary/aromatic N) is 4. The summed E-state index contributed by atoms with van der Waals surface area (Å²) in [5.74, 6) is -0.219. The predicted octanol–water partition coefficient (Wildman–Crippen LogP) is 1.38. The van der Waals surface area contributed by atoms with Gasteiger partial charge in [0, 0.05) is 0 Å². The van der Waals surface area contributed by atoms with Gasteiger partial charge in [-0.2, -0.15) is 10.5 Å². The van der Waals surface area contributed by atoms with Gasteiger partial charge in [0.25, 0.3) is 0 Å². The molecule has 94 valence electrons. The number of unbranched alkanes of at least 4 members (excludes halogenated alkanes) is 2. The van der Waals surface area contributed by atoms with Gasteiger partial charge in [0.2, 0.25) is 5.95 Å². The number of nitrogen functional groups attached to an aromatic ring is 1. The van der Waals surface area contributed by atoms with E-state index in [2.05, 4.69) is 4.98 Å². The molecule has 0 aliphatic rings. The molecule has 0 radical (unpaired) electrons. The monoisotopic (exact) mass is 247 g/mol. The summed E-state index contributed by atoms with van der Waals surface area (Å²) in [7, 11) is 0. The third kappa shape index (κ3) is 2.77. The van der Waals surface area contributed by atoms with Gasteiger partial charge in [-0.1, -0.05) is 19.8 Å². The van der Waals surface area contributed by atoms with Crippen molar-refractivity contribution < 1.29 is 9.53 Å². The molecule has 2 N–H and O–H groups in total. The Bertz CT molecular complexity index is 521. The quantitative estimate of drug-likeness (QED) is 0.803. The highest BCUT2D eigenvalue weighted by atomic mass is 16.5. The molecule has 0 amide bonds. The van der Waals surface area contributed by atoms with Crippen molar-refractivity contribution in [3.63, 3.8) is 0 Å². The van der Waals surface area contributed by atoms with Crippen molar-refractivity contribution in [3.8, 4) is 12.1 Å². The summed E-state index contributed by atoms with van der Waals surface area (Å²) in [4.78, 5) is 15.3. The molecule has 0 saturated carbocycles. The van der Waals surface area contributed by atoms with Gasteiger partial charge >= 0.3 is 6.09 Å². The van der Waals surface area contributed by atoms with Crippen LogP contribution in [0.1, 0.15) is 37.6 Å². The molecule has 0 fully saturated rings. The predicted molar refractivity (Wildman–Crippen MR) is 62.3 cm³/mol. The van der Waals surface area contributed by atoms with E-state index in [9.17, 15) is 4.79 Å². The molecule has 7 nitrogen and oxygen atoms in total. The van der Waals surface area contributed by atoms with Crippen LogP contribution < -0.4 is 5.73 Å². The minimum Gasteiger partial charge on any atom is -0.449 e. The Morgan fingerprint density at radius 1 is 1.44 bits per heavy atom. The first-order chi connectivity index (χ1) is 8.65. The second-order valence-corrected chi connectivity index (χ2v) is 3.55. The molecule has 0 aromatic carbocycles. The number of aromatic nitrogens is 2. The molecule has 1 heterocycles. The van der Waals surface area contributed by atoms with Gasteiger partial charge in [0.1, 0.15) is 12.1 Å². The van der Waals surface area contributed by atoms with E-state index in [1.54, 1.807) is 12.1 Å². The van der Waals surface area contributed by atoms with Crippen LogP contribution in [0.15, 0.2) is 0 Å². The Labute approximate surface area is 104 Å². The molecule has 0 unspecified atom stereocenters. The minimum atomic E-state index is -0.783. The van der Waals surface area contributed by atoms with Gasteiger partial charge in [-0.15, -0.1) is 0 Å². The standard InChI is InChI=1S/C11H13N5O2/c1-2-3-4-5-18-11(17)16-9(7-13)8(6-12)15-10(16)14/h2-5H2,1H3,(H2,14,15). The maximum atomic E-state index is 11.7. The third-order valence-electron chi connectivity index (χ3n) is 2.27. The minimum absolute atomic E-state index is 0.180. The van der Waals surface area contributed by atoms with Crippen molar-refractivity contribution in [1.29, 1.82) is 10.5 Å². The molecule has 7 heteroatoms. The molecule has 0 atom stereocenters. The molecule has 0 saturated heterocycles. The molecule has 0 bridgehead atoms. The van der Waals surface area contributed by atoms with E-state index in [0.29, 0.717) is 0 Å². The van der Waals surface area contributed by atoms with Crippen LogP contribution in [-0.2, 0) is 4.74 Å². The van der Waals surface area contributed by atoms with E-state index in [1.807, 2.05) is 6.92 Å². The van der Waals surface area contributed by atoms with Crippen molar-refractivity contribution >= 4 is 12.0 Å². The fraction of sp³-hybridized carbons (Fsp3) is 0.455. The number of nitrogens with two attached hydrogens (primary N) is 1. The van der Waals surface area contributed by atoms with Crippen molar-refractivity contribution in [2.24, 2.45) is 0 Å². The first kappa shape index (κ1) is 13.5. The summed E-state index contributed by atoms with van der Waals surface area (Å²) in [5, 5.41) is 17.6. The Balaban J connectivity index is 2.84. The van der Waals surface area contributed by atoms with Gasteiger partial charge in [0.05, 0.1) is 6.61 Å². The summed E-state index contributed by atoms with van der Waals surface area (Å²) in [5.41, 5.74) is 5.09. The van der Waals surface area contributed by atoms with E-state index in [-0.39, 0.29) is 23.9 Å². The lowest BCUT2D eigenvalue weighted by Gasteiger charge is -2.06. The summed E-state index contributed by atoms with van der Waals surface area (Å²) in [6, 6.07) is 3.41. The van der Waals surface area contributed by atoms with Crippen molar-refractivity contribution in [2.45, 2.75) is 26.2 Å². The molecular formula is C11H13N5O2. The van der Waals surface area contributed by atoms with Crippen LogP contribution in [0, 0.1) is 22.7 Å². The van der Waals surface area contributed by atoms with Crippen LogP contribution >= 0.6 is 0 Å². The van der Waals surface area contributed by atoms with E-state index in [1.165, 1.54) is 0 Å². The van der Waals surface area contributed by atoms with Crippen molar-refractivity contribution in [1.82, 2.24) is 9.55 Å². The highest BCUT2D eigenvalue weighted by molar-refractivity contribution is 5.76. The SMILES string of the molecule is CCCCCOC(=O)n1c(N)nc(C#N)c1C#N. The van der Waals surface area contributed by atoms with E-state index < -0.39 is 6.09 Å². The number of carbonyl (C=O) groups excluding carboxylic acids is 1. The maximum absolute atomic E-state index is 11.7. The number of hydrogen-bond donors (Lipinski definition) is 1. The normalized spacial score (nSPS) is 9.50. The fourth-order valence-electron chi connectivity index (χ4n) is 1.38. The van der Waals surface area contributed by atoms with E-state index in [0.717, 1.165) is 23.8 Å². The maximum Gasteiger partial charge on any atom is 0.422 e. The van der Waals surface area contributed by atoms with Crippen LogP contribution in [0.25, 0.3) is 0 Å². The Morgan fingerprint density at radius 2 is 2.17 bits per heavy atom. The molecule has 1 rings (SSSR count). The highest BCUT2D eigenvalue weighted by Crippen LogP contribution is 2.13. The summed E-state index contributed by atoms with van der Waals surface area (Å²) in [6.45, 7) is 2.28. The second kappa shape index (κ2) is 6.26. The van der Waals surface area contributed by atoms with Crippen LogP contribution in [0.4, 0.5) is 10.7 Å². The zero-order valence-corrected chi connectivity index (χ0v) is 10.0. The molecule has 0 aliphatic carbocycles. The van der Waals surface area contributed by atoms with Gasteiger partial charge < -0.3 is 10.5 Å². The first-order valence-electron chi connectivity index (χ1n) is 5.51. The number of anilines is 1. The largest absolute Gasteiger partial charge is 0.449 e. The lowest BCUT2D eigenvalue weighted by atomic mass is 10.3. The van der Waals surface area contributed by atoms with Gasteiger partial charge in [0.15, 0.2) is 11.4 Å². The topological polar surface area (TPSA) is 118 Å². The van der Waals surface area contributed by atoms with Crippen LogP contribution in [0.5, 0.6) is 0 Å². The first-order valence-corrected chi connectivity index (χ1v) is 5.51. The van der Waals surface area contributed by atoms with Gasteiger partial charge in [-0.25, -0.2) is 14.3 Å². The van der Waals surface area contributed by atoms with Gasteiger partial charge in [-0.05, 0) is 6.42 Å². The van der Waals surface area contributed by atoms with Crippen molar-refractivity contribution in [2.75, 3.05) is 12.3 Å². The molecule has 0 spiro atoms. The number of carbonyl (C=O) groups is 1. The van der Waals surface area contributed by atoms with E-state index in [4.69, 9.17) is 21.0 Å². The Morgan fingerprint density at radius 3 is 2.72 bits per heavy atom. The Hall–Kier alpha value is -2.54. The number of ether oxygens (including phenoxy) is 1.